The highest BCUT2D eigenvalue weighted by molar-refractivity contribution is 7.98. The number of hydrogen-bond donors (Lipinski definition) is 1. The van der Waals surface area contributed by atoms with E-state index in [1.807, 2.05) is 59.3 Å². The van der Waals surface area contributed by atoms with Gasteiger partial charge in [0.05, 0.1) is 5.56 Å². The fourth-order valence-electron chi connectivity index (χ4n) is 3.51. The molecule has 0 atom stereocenters. The Balaban J connectivity index is 1.44. The number of amides is 1. The molecule has 0 bridgehead atoms. The van der Waals surface area contributed by atoms with Crippen LogP contribution in [-0.4, -0.2) is 17.0 Å². The van der Waals surface area contributed by atoms with Gasteiger partial charge in [0, 0.05) is 51.4 Å². The molecule has 1 aromatic heterocycles. The first-order chi connectivity index (χ1) is 15.8. The van der Waals surface area contributed by atoms with E-state index in [1.165, 1.54) is 12.1 Å². The molecule has 0 saturated carbocycles. The van der Waals surface area contributed by atoms with Gasteiger partial charge in [-0.1, -0.05) is 54.1 Å². The zero-order valence-corrected chi connectivity index (χ0v) is 19.0. The summed E-state index contributed by atoms with van der Waals surface area (Å²) in [6.07, 6.45) is -2.46. The number of nitrogens with zero attached hydrogens (tertiary/aromatic N) is 1. The number of para-hydroxylation sites is 1. The van der Waals surface area contributed by atoms with E-state index in [0.717, 1.165) is 44.3 Å². The molecule has 0 radical (unpaired) electrons. The van der Waals surface area contributed by atoms with Crippen LogP contribution in [0.4, 0.5) is 13.2 Å². The van der Waals surface area contributed by atoms with E-state index >= 15 is 0 Å². The van der Waals surface area contributed by atoms with Crippen molar-refractivity contribution in [3.63, 3.8) is 0 Å². The Morgan fingerprint density at radius 1 is 1.00 bits per heavy atom. The summed E-state index contributed by atoms with van der Waals surface area (Å²) in [5.74, 6) is 0.186. The van der Waals surface area contributed by atoms with Crippen molar-refractivity contribution in [1.29, 1.82) is 0 Å². The summed E-state index contributed by atoms with van der Waals surface area (Å²) in [4.78, 5) is 13.5. The normalized spacial score (nSPS) is 11.6. The molecule has 0 unspecified atom stereocenters. The summed E-state index contributed by atoms with van der Waals surface area (Å²) in [7, 11) is 0. The number of carbonyl (C=O) groups is 1. The summed E-state index contributed by atoms with van der Waals surface area (Å²) in [5, 5.41) is 4.54. The maximum Gasteiger partial charge on any atom is 0.416 e. The van der Waals surface area contributed by atoms with Crippen LogP contribution in [0.15, 0.2) is 83.9 Å². The van der Waals surface area contributed by atoms with E-state index < -0.39 is 17.6 Å². The number of aromatic nitrogens is 1. The molecular weight excluding hydrogens is 469 g/mol. The van der Waals surface area contributed by atoms with Crippen molar-refractivity contribution in [1.82, 2.24) is 9.88 Å². The number of thioether (sulfide) groups is 1. The van der Waals surface area contributed by atoms with E-state index in [2.05, 4.69) is 5.32 Å². The number of fused-ring (bicyclic) bond motifs is 1. The van der Waals surface area contributed by atoms with Crippen LogP contribution in [0.1, 0.15) is 21.5 Å². The maximum atomic E-state index is 12.9. The van der Waals surface area contributed by atoms with Gasteiger partial charge in [-0.25, -0.2) is 0 Å². The minimum atomic E-state index is -4.49. The fourth-order valence-corrected chi connectivity index (χ4v) is 4.89. The SMILES string of the molecule is O=C(NCCn1cc(SCc2ccccc2Cl)c2ccccc21)c1cccc(C(F)(F)F)c1. The van der Waals surface area contributed by atoms with Crippen molar-refractivity contribution >= 4 is 40.2 Å². The first kappa shape index (κ1) is 23.3. The van der Waals surface area contributed by atoms with Gasteiger partial charge >= 0.3 is 6.18 Å². The highest BCUT2D eigenvalue weighted by Gasteiger charge is 2.30. The van der Waals surface area contributed by atoms with Crippen LogP contribution < -0.4 is 5.32 Å². The minimum absolute atomic E-state index is 0.0156. The minimum Gasteiger partial charge on any atom is -0.350 e. The Morgan fingerprint density at radius 3 is 2.55 bits per heavy atom. The van der Waals surface area contributed by atoms with E-state index in [4.69, 9.17) is 11.6 Å². The monoisotopic (exact) mass is 488 g/mol. The summed E-state index contributed by atoms with van der Waals surface area (Å²) in [6.45, 7) is 0.764. The van der Waals surface area contributed by atoms with E-state index in [1.54, 1.807) is 11.8 Å². The predicted octanol–water partition coefficient (Wildman–Crippen LogP) is 7.04. The van der Waals surface area contributed by atoms with Gasteiger partial charge in [-0.15, -0.1) is 11.8 Å². The van der Waals surface area contributed by atoms with Crippen LogP contribution in [0.5, 0.6) is 0 Å². The molecule has 0 fully saturated rings. The number of carbonyl (C=O) groups excluding carboxylic acids is 1. The molecule has 4 aromatic rings. The summed E-state index contributed by atoms with van der Waals surface area (Å²) < 4.78 is 40.8. The lowest BCUT2D eigenvalue weighted by molar-refractivity contribution is -0.137. The molecule has 1 N–H and O–H groups in total. The Bertz CT molecular complexity index is 1290. The van der Waals surface area contributed by atoms with Crippen LogP contribution >= 0.6 is 23.4 Å². The summed E-state index contributed by atoms with van der Waals surface area (Å²) in [6, 6.07) is 20.1. The largest absolute Gasteiger partial charge is 0.416 e. The molecule has 1 heterocycles. The van der Waals surface area contributed by atoms with E-state index in [9.17, 15) is 18.0 Å². The Hall–Kier alpha value is -2.90. The van der Waals surface area contributed by atoms with Crippen LogP contribution in [0, 0.1) is 0 Å². The van der Waals surface area contributed by atoms with Crippen LogP contribution in [0.2, 0.25) is 5.02 Å². The second-order valence-electron chi connectivity index (χ2n) is 7.42. The lowest BCUT2D eigenvalue weighted by atomic mass is 10.1. The predicted molar refractivity (Wildman–Crippen MR) is 127 cm³/mol. The quantitative estimate of drug-likeness (QED) is 0.283. The molecule has 0 aliphatic rings. The Morgan fingerprint density at radius 2 is 1.76 bits per heavy atom. The molecule has 170 valence electrons. The number of halogens is 4. The molecule has 1 amide bonds. The molecule has 0 aliphatic carbocycles. The van der Waals surface area contributed by atoms with Crippen LogP contribution in [0.25, 0.3) is 10.9 Å². The molecular formula is C25H20ClF3N2OS. The highest BCUT2D eigenvalue weighted by atomic mass is 35.5. The third-order valence-corrected chi connectivity index (χ3v) is 6.64. The molecule has 4 rings (SSSR count). The topological polar surface area (TPSA) is 34.0 Å². The van der Waals surface area contributed by atoms with Gasteiger partial charge < -0.3 is 9.88 Å². The van der Waals surface area contributed by atoms with Crippen molar-refractivity contribution in [2.24, 2.45) is 0 Å². The number of rotatable bonds is 7. The lowest BCUT2D eigenvalue weighted by Gasteiger charge is -2.10. The second kappa shape index (κ2) is 9.93. The third kappa shape index (κ3) is 5.54. The van der Waals surface area contributed by atoms with Crippen molar-refractivity contribution in [2.45, 2.75) is 23.4 Å². The smallest absolute Gasteiger partial charge is 0.350 e. The van der Waals surface area contributed by atoms with Crippen molar-refractivity contribution in [3.05, 3.63) is 101 Å². The number of alkyl halides is 3. The fraction of sp³-hybridized carbons (Fsp3) is 0.160. The van der Waals surface area contributed by atoms with Gasteiger partial charge in [0.1, 0.15) is 0 Å². The average molecular weight is 489 g/mol. The van der Waals surface area contributed by atoms with Gasteiger partial charge in [-0.2, -0.15) is 13.2 Å². The molecule has 3 nitrogen and oxygen atoms in total. The number of nitrogens with one attached hydrogen (secondary N) is 1. The highest BCUT2D eigenvalue weighted by Crippen LogP contribution is 2.33. The van der Waals surface area contributed by atoms with Crippen LogP contribution in [0.3, 0.4) is 0 Å². The molecule has 33 heavy (non-hydrogen) atoms. The standard InChI is InChI=1S/C25H20ClF3N2OS/c26-21-10-3-1-6-18(21)16-33-23-15-31(22-11-4-2-9-20(22)23)13-12-30-24(32)17-7-5-8-19(14-17)25(27,28)29/h1-11,14-15H,12-13,16H2,(H,30,32). The van der Waals surface area contributed by atoms with Crippen LogP contribution in [-0.2, 0) is 18.5 Å². The van der Waals surface area contributed by atoms with Gasteiger partial charge in [-0.3, -0.25) is 4.79 Å². The maximum absolute atomic E-state index is 12.9. The zero-order chi connectivity index (χ0) is 23.4. The molecule has 3 aromatic carbocycles. The van der Waals surface area contributed by atoms with Crippen molar-refractivity contribution in [2.75, 3.05) is 6.54 Å². The van der Waals surface area contributed by atoms with Crippen molar-refractivity contribution in [3.8, 4) is 0 Å². The average Bonchev–Trinajstić information content (AvgIpc) is 3.16. The number of hydrogen-bond acceptors (Lipinski definition) is 2. The zero-order valence-electron chi connectivity index (χ0n) is 17.4. The second-order valence-corrected chi connectivity index (χ2v) is 8.84. The van der Waals surface area contributed by atoms with Gasteiger partial charge in [0.2, 0.25) is 0 Å². The molecule has 0 aliphatic heterocycles. The molecule has 0 saturated heterocycles. The molecule has 0 spiro atoms. The first-order valence-electron chi connectivity index (χ1n) is 10.2. The van der Waals surface area contributed by atoms with Gasteiger partial charge in [0.25, 0.3) is 5.91 Å². The number of benzene rings is 3. The third-order valence-electron chi connectivity index (χ3n) is 5.18. The van der Waals surface area contributed by atoms with Gasteiger partial charge in [-0.05, 0) is 35.9 Å². The van der Waals surface area contributed by atoms with E-state index in [-0.39, 0.29) is 12.1 Å². The molecule has 8 heteroatoms. The first-order valence-corrected chi connectivity index (χ1v) is 11.6. The van der Waals surface area contributed by atoms with Gasteiger partial charge in [0.15, 0.2) is 0 Å². The van der Waals surface area contributed by atoms with E-state index in [0.29, 0.717) is 6.54 Å². The Labute approximate surface area is 198 Å². The van der Waals surface area contributed by atoms with Crippen molar-refractivity contribution < 1.29 is 18.0 Å². The lowest BCUT2D eigenvalue weighted by Crippen LogP contribution is -2.27. The summed E-state index contributed by atoms with van der Waals surface area (Å²) >= 11 is 7.96. The summed E-state index contributed by atoms with van der Waals surface area (Å²) in [5.41, 5.74) is 1.21. The Kier molecular flexibility index (Phi) is 7.00.